The van der Waals surface area contributed by atoms with Crippen LogP contribution in [0.1, 0.15) is 33.1 Å². The first-order chi connectivity index (χ1) is 9.26. The lowest BCUT2D eigenvalue weighted by Gasteiger charge is -2.08. The lowest BCUT2D eigenvalue weighted by molar-refractivity contribution is -0.146. The van der Waals surface area contributed by atoms with Crippen molar-refractivity contribution in [2.24, 2.45) is 0 Å². The summed E-state index contributed by atoms with van der Waals surface area (Å²) in [5.74, 6) is 1.11. The normalized spacial score (nSPS) is 10.0. The summed E-state index contributed by atoms with van der Waals surface area (Å²) in [6.07, 6.45) is 2.87. The smallest absolute Gasteiger partial charge is 0.344 e. The van der Waals surface area contributed by atoms with E-state index in [0.717, 1.165) is 25.0 Å². The minimum Gasteiger partial charge on any atom is -0.494 e. The summed E-state index contributed by atoms with van der Waals surface area (Å²) in [5, 5.41) is 0. The number of rotatable bonds is 9. The van der Waals surface area contributed by atoms with E-state index in [4.69, 9.17) is 14.2 Å². The van der Waals surface area contributed by atoms with Gasteiger partial charge in [0, 0.05) is 0 Å². The summed E-state index contributed by atoms with van der Waals surface area (Å²) < 4.78 is 15.8. The second kappa shape index (κ2) is 9.25. The van der Waals surface area contributed by atoms with Crippen LogP contribution in [0.4, 0.5) is 0 Å². The van der Waals surface area contributed by atoms with Crippen molar-refractivity contribution in [2.75, 3.05) is 19.8 Å². The van der Waals surface area contributed by atoms with Gasteiger partial charge in [0.1, 0.15) is 11.5 Å². The van der Waals surface area contributed by atoms with E-state index in [2.05, 4.69) is 6.92 Å². The fourth-order valence-electron chi connectivity index (χ4n) is 1.37. The number of carbonyl (C=O) groups is 1. The van der Waals surface area contributed by atoms with Gasteiger partial charge in [0.05, 0.1) is 13.2 Å². The third-order valence-corrected chi connectivity index (χ3v) is 2.41. The molecular weight excluding hydrogens is 244 g/mol. The summed E-state index contributed by atoms with van der Waals surface area (Å²) in [6.45, 7) is 5.21. The van der Waals surface area contributed by atoms with Crippen molar-refractivity contribution >= 4 is 5.97 Å². The molecule has 0 radical (unpaired) electrons. The van der Waals surface area contributed by atoms with Gasteiger partial charge in [-0.3, -0.25) is 0 Å². The summed E-state index contributed by atoms with van der Waals surface area (Å²) in [6, 6.07) is 7.22. The largest absolute Gasteiger partial charge is 0.494 e. The maximum atomic E-state index is 11.3. The Morgan fingerprint density at radius 3 is 2.16 bits per heavy atom. The Balaban J connectivity index is 2.27. The number of esters is 1. The molecule has 0 saturated heterocycles. The molecule has 0 fully saturated rings. The van der Waals surface area contributed by atoms with Gasteiger partial charge in [-0.15, -0.1) is 0 Å². The van der Waals surface area contributed by atoms with Crippen LogP contribution in [0.25, 0.3) is 0 Å². The Kier molecular flexibility index (Phi) is 7.47. The predicted molar refractivity (Wildman–Crippen MR) is 73.6 cm³/mol. The van der Waals surface area contributed by atoms with Crippen molar-refractivity contribution < 1.29 is 19.0 Å². The highest BCUT2D eigenvalue weighted by atomic mass is 16.6. The quantitative estimate of drug-likeness (QED) is 0.508. The molecule has 0 aliphatic carbocycles. The second-order valence-electron chi connectivity index (χ2n) is 4.18. The number of ether oxygens (including phenoxy) is 3. The van der Waals surface area contributed by atoms with E-state index in [1.165, 1.54) is 0 Å². The first-order valence-corrected chi connectivity index (χ1v) is 6.77. The highest BCUT2D eigenvalue weighted by molar-refractivity contribution is 5.71. The molecule has 0 aliphatic rings. The Labute approximate surface area is 114 Å². The van der Waals surface area contributed by atoms with Crippen molar-refractivity contribution in [1.29, 1.82) is 0 Å². The van der Waals surface area contributed by atoms with E-state index >= 15 is 0 Å². The summed E-state index contributed by atoms with van der Waals surface area (Å²) in [5.41, 5.74) is 0. The monoisotopic (exact) mass is 266 g/mol. The van der Waals surface area contributed by atoms with Crippen molar-refractivity contribution in [3.8, 4) is 11.5 Å². The Bertz CT molecular complexity index is 359. The third kappa shape index (κ3) is 6.70. The van der Waals surface area contributed by atoms with Gasteiger partial charge in [-0.1, -0.05) is 20.3 Å². The number of benzene rings is 1. The van der Waals surface area contributed by atoms with Crippen LogP contribution in [-0.2, 0) is 9.53 Å². The van der Waals surface area contributed by atoms with E-state index in [-0.39, 0.29) is 12.6 Å². The molecule has 0 amide bonds. The lowest BCUT2D eigenvalue weighted by atomic mass is 10.3. The van der Waals surface area contributed by atoms with E-state index in [9.17, 15) is 4.79 Å². The molecule has 0 bridgehead atoms. The van der Waals surface area contributed by atoms with Gasteiger partial charge < -0.3 is 14.2 Å². The van der Waals surface area contributed by atoms with E-state index < -0.39 is 0 Å². The first kappa shape index (κ1) is 15.3. The van der Waals surface area contributed by atoms with Gasteiger partial charge >= 0.3 is 5.97 Å². The molecule has 0 N–H and O–H groups in total. The molecule has 0 spiro atoms. The molecule has 1 aromatic rings. The summed E-state index contributed by atoms with van der Waals surface area (Å²) in [4.78, 5) is 11.3. The average molecular weight is 266 g/mol. The summed E-state index contributed by atoms with van der Waals surface area (Å²) >= 11 is 0. The fourth-order valence-corrected chi connectivity index (χ4v) is 1.37. The molecule has 4 heteroatoms. The van der Waals surface area contributed by atoms with E-state index in [1.54, 1.807) is 12.1 Å². The van der Waals surface area contributed by atoms with Crippen LogP contribution >= 0.6 is 0 Å². The Hall–Kier alpha value is -1.71. The molecule has 1 aromatic carbocycles. The van der Waals surface area contributed by atoms with Gasteiger partial charge in [0.2, 0.25) is 0 Å². The Morgan fingerprint density at radius 2 is 1.58 bits per heavy atom. The SMILES string of the molecule is CCCCOC(=O)COc1ccc(OCCC)cc1. The van der Waals surface area contributed by atoms with Crippen LogP contribution < -0.4 is 9.47 Å². The maximum Gasteiger partial charge on any atom is 0.344 e. The molecule has 0 heterocycles. The van der Waals surface area contributed by atoms with Crippen molar-refractivity contribution in [3.05, 3.63) is 24.3 Å². The molecule has 1 rings (SSSR count). The molecule has 106 valence electrons. The van der Waals surface area contributed by atoms with Crippen LogP contribution in [0.5, 0.6) is 11.5 Å². The minimum atomic E-state index is -0.334. The van der Waals surface area contributed by atoms with Gasteiger partial charge in [0.25, 0.3) is 0 Å². The second-order valence-corrected chi connectivity index (χ2v) is 4.18. The van der Waals surface area contributed by atoms with Crippen molar-refractivity contribution in [1.82, 2.24) is 0 Å². The number of unbranched alkanes of at least 4 members (excludes halogenated alkanes) is 1. The maximum absolute atomic E-state index is 11.3. The van der Waals surface area contributed by atoms with Crippen molar-refractivity contribution in [3.63, 3.8) is 0 Å². The predicted octanol–water partition coefficient (Wildman–Crippen LogP) is 3.20. The van der Waals surface area contributed by atoms with E-state index in [1.807, 2.05) is 19.1 Å². The van der Waals surface area contributed by atoms with Gasteiger partial charge in [-0.2, -0.15) is 0 Å². The highest BCUT2D eigenvalue weighted by Crippen LogP contribution is 2.17. The zero-order chi connectivity index (χ0) is 13.9. The number of hydrogen-bond acceptors (Lipinski definition) is 4. The lowest BCUT2D eigenvalue weighted by Crippen LogP contribution is -2.15. The van der Waals surface area contributed by atoms with E-state index in [0.29, 0.717) is 19.0 Å². The van der Waals surface area contributed by atoms with Crippen LogP contribution in [0.15, 0.2) is 24.3 Å². The molecule has 0 saturated carbocycles. The van der Waals surface area contributed by atoms with Crippen LogP contribution in [0.3, 0.4) is 0 Å². The number of carbonyl (C=O) groups excluding carboxylic acids is 1. The van der Waals surface area contributed by atoms with Gasteiger partial charge in [0.15, 0.2) is 6.61 Å². The third-order valence-electron chi connectivity index (χ3n) is 2.41. The average Bonchev–Trinajstić information content (AvgIpc) is 2.44. The highest BCUT2D eigenvalue weighted by Gasteiger charge is 2.04. The van der Waals surface area contributed by atoms with Gasteiger partial charge in [-0.05, 0) is 37.1 Å². The molecule has 0 aromatic heterocycles. The summed E-state index contributed by atoms with van der Waals surface area (Å²) in [7, 11) is 0. The van der Waals surface area contributed by atoms with Crippen LogP contribution in [0, 0.1) is 0 Å². The van der Waals surface area contributed by atoms with Gasteiger partial charge in [-0.25, -0.2) is 4.79 Å². The first-order valence-electron chi connectivity index (χ1n) is 6.77. The number of hydrogen-bond donors (Lipinski definition) is 0. The zero-order valence-corrected chi connectivity index (χ0v) is 11.7. The van der Waals surface area contributed by atoms with Crippen molar-refractivity contribution in [2.45, 2.75) is 33.1 Å². The molecule has 4 nitrogen and oxygen atoms in total. The topological polar surface area (TPSA) is 44.8 Å². The zero-order valence-electron chi connectivity index (χ0n) is 11.7. The molecule has 0 atom stereocenters. The van der Waals surface area contributed by atoms with Crippen LogP contribution in [0.2, 0.25) is 0 Å². The Morgan fingerprint density at radius 1 is 0.947 bits per heavy atom. The molecule has 0 unspecified atom stereocenters. The van der Waals surface area contributed by atoms with Crippen LogP contribution in [-0.4, -0.2) is 25.8 Å². The molecule has 19 heavy (non-hydrogen) atoms. The molecule has 0 aliphatic heterocycles. The minimum absolute atomic E-state index is 0.0567. The molecular formula is C15H22O4. The fraction of sp³-hybridized carbons (Fsp3) is 0.533. The standard InChI is InChI=1S/C15H22O4/c1-3-5-11-18-15(16)12-19-14-8-6-13(7-9-14)17-10-4-2/h6-9H,3-5,10-12H2,1-2H3.